The molecule has 2 atom stereocenters. The highest BCUT2D eigenvalue weighted by molar-refractivity contribution is 6.36. The molecule has 11 heteroatoms. The smallest absolute Gasteiger partial charge is 0.247 e. The van der Waals surface area contributed by atoms with E-state index in [1.165, 1.54) is 10.7 Å². The molecule has 2 fully saturated rings. The van der Waals surface area contributed by atoms with Gasteiger partial charge in [0.05, 0.1) is 34.2 Å². The van der Waals surface area contributed by atoms with Crippen molar-refractivity contribution in [2.45, 2.75) is 44.8 Å². The molecule has 0 radical (unpaired) electrons. The van der Waals surface area contributed by atoms with Gasteiger partial charge in [0.1, 0.15) is 6.07 Å². The van der Waals surface area contributed by atoms with E-state index in [1.54, 1.807) is 6.07 Å². The molecule has 5 rings (SSSR count). The van der Waals surface area contributed by atoms with Gasteiger partial charge in [-0.1, -0.05) is 11.6 Å². The predicted octanol–water partition coefficient (Wildman–Crippen LogP) is 3.37. The molecule has 1 saturated heterocycles. The number of nitrogens with one attached hydrogen (secondary N) is 2. The lowest BCUT2D eigenvalue weighted by molar-refractivity contribution is 0.170. The largest absolute Gasteiger partial charge is 0.367 e. The summed E-state index contributed by atoms with van der Waals surface area (Å²) in [5.41, 5.74) is 2.61. The molecule has 3 aromatic rings. The van der Waals surface area contributed by atoms with Gasteiger partial charge in [-0.15, -0.1) is 5.10 Å². The number of aromatic nitrogens is 4. The first-order chi connectivity index (χ1) is 16.4. The van der Waals surface area contributed by atoms with E-state index in [2.05, 4.69) is 68.5 Å². The summed E-state index contributed by atoms with van der Waals surface area (Å²) in [6.07, 6.45) is 3.60. The van der Waals surface area contributed by atoms with Gasteiger partial charge in [-0.05, 0) is 45.9 Å². The van der Waals surface area contributed by atoms with Crippen LogP contribution in [0, 0.1) is 22.7 Å². The number of nitriles is 2. The number of anilines is 4. The van der Waals surface area contributed by atoms with Crippen molar-refractivity contribution in [3.05, 3.63) is 34.6 Å². The molecule has 10 nitrogen and oxygen atoms in total. The van der Waals surface area contributed by atoms with Crippen molar-refractivity contribution >= 4 is 40.4 Å². The van der Waals surface area contributed by atoms with Crippen LogP contribution in [0.25, 0.3) is 5.65 Å². The van der Waals surface area contributed by atoms with Crippen molar-refractivity contribution in [3.8, 4) is 12.1 Å². The number of benzene rings is 1. The zero-order valence-corrected chi connectivity index (χ0v) is 20.0. The van der Waals surface area contributed by atoms with Gasteiger partial charge in [-0.25, -0.2) is 4.98 Å². The standard InChI is InChI=1S/C23H25ClN10/c1-13-11-33(12-14(2)32(13)3)19-7-15(8-25)6-18(20(19)24)29-23-30-21(28-16-4-5-16)22-27-10-17(9-26)34(22)31-23/h6-7,10,13-14,16H,4-5,11-12H2,1-3H3,(H2,28,29,30,31)/t13-,14+. The fourth-order valence-corrected chi connectivity index (χ4v) is 4.52. The zero-order chi connectivity index (χ0) is 24.0. The van der Waals surface area contributed by atoms with Gasteiger partial charge in [-0.3, -0.25) is 4.90 Å². The summed E-state index contributed by atoms with van der Waals surface area (Å²) in [6.45, 7) is 5.96. The molecular weight excluding hydrogens is 452 g/mol. The molecule has 0 spiro atoms. The predicted molar refractivity (Wildman–Crippen MR) is 130 cm³/mol. The van der Waals surface area contributed by atoms with E-state index in [0.29, 0.717) is 51.6 Å². The molecule has 3 heterocycles. The molecule has 2 N–H and O–H groups in total. The molecule has 174 valence electrons. The third-order valence-electron chi connectivity index (χ3n) is 6.52. The summed E-state index contributed by atoms with van der Waals surface area (Å²) in [5.74, 6) is 0.809. The van der Waals surface area contributed by atoms with Gasteiger partial charge in [0.25, 0.3) is 0 Å². The topological polar surface area (TPSA) is 121 Å². The van der Waals surface area contributed by atoms with Crippen LogP contribution in [0.1, 0.15) is 37.9 Å². The second-order valence-electron chi connectivity index (χ2n) is 9.06. The Labute approximate surface area is 202 Å². The molecule has 34 heavy (non-hydrogen) atoms. The van der Waals surface area contributed by atoms with Crippen LogP contribution >= 0.6 is 11.6 Å². The van der Waals surface area contributed by atoms with Crippen LogP contribution < -0.4 is 15.5 Å². The number of likely N-dealkylation sites (N-methyl/N-ethyl adjacent to an activating group) is 1. The summed E-state index contributed by atoms with van der Waals surface area (Å²) in [6, 6.07) is 8.88. The van der Waals surface area contributed by atoms with Crippen LogP contribution in [0.2, 0.25) is 5.02 Å². The van der Waals surface area contributed by atoms with Crippen molar-refractivity contribution in [2.24, 2.45) is 0 Å². The Kier molecular flexibility index (Phi) is 5.64. The molecule has 1 aliphatic heterocycles. The van der Waals surface area contributed by atoms with Gasteiger partial charge < -0.3 is 15.5 Å². The third-order valence-corrected chi connectivity index (χ3v) is 6.92. The van der Waals surface area contributed by atoms with Crippen LogP contribution in [-0.4, -0.2) is 62.7 Å². The highest BCUT2D eigenvalue weighted by atomic mass is 35.5. The highest BCUT2D eigenvalue weighted by Crippen LogP contribution is 2.37. The van der Waals surface area contributed by atoms with Crippen molar-refractivity contribution in [1.82, 2.24) is 24.5 Å². The molecule has 2 aromatic heterocycles. The SMILES string of the molecule is C[C@@H]1CN(c2cc(C#N)cc(Nc3nc(NC4CC4)c4ncc(C#N)n4n3)c2Cl)C[C@H](C)N1C. The minimum Gasteiger partial charge on any atom is -0.367 e. The maximum atomic E-state index is 9.68. The van der Waals surface area contributed by atoms with Crippen LogP contribution in [0.15, 0.2) is 18.3 Å². The number of hydrogen-bond acceptors (Lipinski definition) is 9. The van der Waals surface area contributed by atoms with Crippen molar-refractivity contribution in [2.75, 3.05) is 35.7 Å². The number of imidazole rings is 1. The van der Waals surface area contributed by atoms with E-state index in [0.717, 1.165) is 31.6 Å². The first kappa shape index (κ1) is 22.2. The maximum absolute atomic E-state index is 9.68. The van der Waals surface area contributed by atoms with Crippen LogP contribution in [0.3, 0.4) is 0 Å². The molecule has 0 unspecified atom stereocenters. The number of halogens is 1. The fourth-order valence-electron chi connectivity index (χ4n) is 4.24. The summed E-state index contributed by atoms with van der Waals surface area (Å²) >= 11 is 6.87. The van der Waals surface area contributed by atoms with E-state index in [-0.39, 0.29) is 5.95 Å². The molecule has 0 bridgehead atoms. The first-order valence-corrected chi connectivity index (χ1v) is 11.7. The van der Waals surface area contributed by atoms with Gasteiger partial charge in [-0.2, -0.15) is 20.0 Å². The van der Waals surface area contributed by atoms with E-state index >= 15 is 0 Å². The Bertz CT molecular complexity index is 1320. The molecular formula is C23H25ClN10. The van der Waals surface area contributed by atoms with E-state index in [9.17, 15) is 10.5 Å². The summed E-state index contributed by atoms with van der Waals surface area (Å²) in [5, 5.41) is 30.7. The molecule has 0 amide bonds. The van der Waals surface area contributed by atoms with Crippen molar-refractivity contribution in [3.63, 3.8) is 0 Å². The normalized spacial score (nSPS) is 20.7. The highest BCUT2D eigenvalue weighted by Gasteiger charge is 2.29. The lowest BCUT2D eigenvalue weighted by Crippen LogP contribution is -2.55. The second-order valence-corrected chi connectivity index (χ2v) is 9.43. The van der Waals surface area contributed by atoms with Gasteiger partial charge in [0, 0.05) is 31.2 Å². The monoisotopic (exact) mass is 476 g/mol. The van der Waals surface area contributed by atoms with Gasteiger partial charge in [0.15, 0.2) is 17.2 Å². The van der Waals surface area contributed by atoms with Crippen molar-refractivity contribution in [1.29, 1.82) is 10.5 Å². The van der Waals surface area contributed by atoms with Gasteiger partial charge in [0.2, 0.25) is 5.95 Å². The van der Waals surface area contributed by atoms with Crippen LogP contribution in [0.4, 0.5) is 23.1 Å². The minimum absolute atomic E-state index is 0.258. The van der Waals surface area contributed by atoms with E-state index < -0.39 is 0 Å². The molecule has 1 aliphatic carbocycles. The van der Waals surface area contributed by atoms with Crippen LogP contribution in [-0.2, 0) is 0 Å². The Morgan fingerprint density at radius 3 is 2.50 bits per heavy atom. The summed E-state index contributed by atoms with van der Waals surface area (Å²) in [4.78, 5) is 13.5. The Balaban J connectivity index is 1.54. The maximum Gasteiger partial charge on any atom is 0.247 e. The van der Waals surface area contributed by atoms with Crippen LogP contribution in [0.5, 0.6) is 0 Å². The molecule has 2 aliphatic rings. The zero-order valence-electron chi connectivity index (χ0n) is 19.2. The summed E-state index contributed by atoms with van der Waals surface area (Å²) < 4.78 is 1.47. The number of piperazine rings is 1. The first-order valence-electron chi connectivity index (χ1n) is 11.3. The second kappa shape index (κ2) is 8.64. The number of fused-ring (bicyclic) bond motifs is 1. The fraction of sp³-hybridized carbons (Fsp3) is 0.435. The third kappa shape index (κ3) is 4.07. The number of hydrogen-bond donors (Lipinski definition) is 2. The van der Waals surface area contributed by atoms with Crippen molar-refractivity contribution < 1.29 is 0 Å². The lowest BCUT2D eigenvalue weighted by Gasteiger charge is -2.43. The van der Waals surface area contributed by atoms with E-state index in [4.69, 9.17) is 11.6 Å². The van der Waals surface area contributed by atoms with Gasteiger partial charge >= 0.3 is 0 Å². The Morgan fingerprint density at radius 1 is 1.12 bits per heavy atom. The average Bonchev–Trinajstić information content (AvgIpc) is 3.54. The Morgan fingerprint density at radius 2 is 1.85 bits per heavy atom. The quantitative estimate of drug-likeness (QED) is 0.570. The average molecular weight is 477 g/mol. The summed E-state index contributed by atoms with van der Waals surface area (Å²) in [7, 11) is 2.12. The number of nitrogens with zero attached hydrogens (tertiary/aromatic N) is 8. The molecule has 1 saturated carbocycles. The number of rotatable bonds is 5. The Hall–Kier alpha value is -3.60. The lowest BCUT2D eigenvalue weighted by atomic mass is 10.1. The minimum atomic E-state index is 0.258. The van der Waals surface area contributed by atoms with E-state index in [1.807, 2.05) is 6.07 Å². The molecule has 1 aromatic carbocycles.